The Morgan fingerprint density at radius 2 is 1.68 bits per heavy atom. The van der Waals surface area contributed by atoms with Crippen molar-refractivity contribution >= 4 is 33.7 Å². The summed E-state index contributed by atoms with van der Waals surface area (Å²) in [5.74, 6) is 0. The van der Waals surface area contributed by atoms with Gasteiger partial charge >= 0.3 is 0 Å². The predicted molar refractivity (Wildman–Crippen MR) is 90.7 cm³/mol. The molecule has 2 heterocycles. The number of aliphatic imine (C=N–C) groups is 1. The summed E-state index contributed by atoms with van der Waals surface area (Å²) >= 11 is 0. The average Bonchev–Trinajstić information content (AvgIpc) is 2.59. The van der Waals surface area contributed by atoms with Crippen LogP contribution in [0.4, 0.5) is 5.69 Å². The Hall–Kier alpha value is -3.07. The fourth-order valence-electron chi connectivity index (χ4n) is 2.44. The van der Waals surface area contributed by atoms with Crippen molar-refractivity contribution in [1.29, 1.82) is 0 Å². The molecule has 4 rings (SSSR count). The zero-order valence-corrected chi connectivity index (χ0v) is 11.8. The van der Waals surface area contributed by atoms with Crippen LogP contribution in [0.3, 0.4) is 0 Å². The molecule has 0 bridgehead atoms. The third-order valence-electron chi connectivity index (χ3n) is 3.55. The van der Waals surface area contributed by atoms with Crippen LogP contribution in [0.5, 0.6) is 0 Å². The molecule has 4 aromatic rings. The molecule has 2 aromatic carbocycles. The maximum absolute atomic E-state index is 4.59. The van der Waals surface area contributed by atoms with Crippen molar-refractivity contribution in [2.24, 2.45) is 4.99 Å². The van der Waals surface area contributed by atoms with Crippen molar-refractivity contribution in [1.82, 2.24) is 9.97 Å². The summed E-state index contributed by atoms with van der Waals surface area (Å²) in [6.07, 6.45) is 3.59. The molecule has 0 amide bonds. The molecule has 0 radical (unpaired) electrons. The number of benzene rings is 2. The summed E-state index contributed by atoms with van der Waals surface area (Å²) in [4.78, 5) is 13.4. The Morgan fingerprint density at radius 1 is 0.773 bits per heavy atom. The van der Waals surface area contributed by atoms with Crippen LogP contribution in [0.25, 0.3) is 21.8 Å². The van der Waals surface area contributed by atoms with E-state index < -0.39 is 0 Å². The normalized spacial score (nSPS) is 11.5. The van der Waals surface area contributed by atoms with Gasteiger partial charge in [0.05, 0.1) is 28.6 Å². The first-order valence-electron chi connectivity index (χ1n) is 7.13. The Labute approximate surface area is 128 Å². The van der Waals surface area contributed by atoms with Crippen LogP contribution in [0, 0.1) is 0 Å². The summed E-state index contributed by atoms with van der Waals surface area (Å²) in [7, 11) is 0. The Bertz CT molecular complexity index is 908. The lowest BCUT2D eigenvalue weighted by Crippen LogP contribution is -1.87. The monoisotopic (exact) mass is 283 g/mol. The second-order valence-electron chi connectivity index (χ2n) is 5.07. The van der Waals surface area contributed by atoms with Gasteiger partial charge < -0.3 is 0 Å². The Kier molecular flexibility index (Phi) is 3.09. The fourth-order valence-corrected chi connectivity index (χ4v) is 2.44. The highest BCUT2D eigenvalue weighted by Gasteiger charge is 1.97. The number of fused-ring (bicyclic) bond motifs is 2. The van der Waals surface area contributed by atoms with E-state index in [9.17, 15) is 0 Å². The van der Waals surface area contributed by atoms with Gasteiger partial charge in [0.2, 0.25) is 0 Å². The van der Waals surface area contributed by atoms with Gasteiger partial charge in [-0.15, -0.1) is 0 Å². The maximum atomic E-state index is 4.59. The molecule has 0 fully saturated rings. The van der Waals surface area contributed by atoms with Crippen molar-refractivity contribution in [3.8, 4) is 0 Å². The predicted octanol–water partition coefficient (Wildman–Crippen LogP) is 4.53. The molecule has 0 unspecified atom stereocenters. The molecule has 2 aromatic heterocycles. The van der Waals surface area contributed by atoms with Crippen LogP contribution >= 0.6 is 0 Å². The molecule has 0 saturated heterocycles. The average molecular weight is 283 g/mol. The minimum Gasteiger partial charge on any atom is -0.256 e. The minimum absolute atomic E-state index is 0.852. The molecule has 3 nitrogen and oxygen atoms in total. The topological polar surface area (TPSA) is 38.1 Å². The molecule has 0 N–H and O–H groups in total. The summed E-state index contributed by atoms with van der Waals surface area (Å²) in [5, 5.41) is 2.22. The Balaban J connectivity index is 1.68. The second-order valence-corrected chi connectivity index (χ2v) is 5.07. The summed E-state index contributed by atoms with van der Waals surface area (Å²) in [6.45, 7) is 0. The van der Waals surface area contributed by atoms with Crippen molar-refractivity contribution in [3.63, 3.8) is 0 Å². The van der Waals surface area contributed by atoms with E-state index in [0.29, 0.717) is 0 Å². The zero-order valence-electron chi connectivity index (χ0n) is 11.8. The van der Waals surface area contributed by atoms with Crippen molar-refractivity contribution < 1.29 is 0 Å². The highest BCUT2D eigenvalue weighted by Crippen LogP contribution is 2.19. The third-order valence-corrected chi connectivity index (χ3v) is 3.55. The van der Waals surface area contributed by atoms with Gasteiger partial charge in [-0.2, -0.15) is 0 Å². The maximum Gasteiger partial charge on any atom is 0.0820 e. The van der Waals surface area contributed by atoms with E-state index in [2.05, 4.69) is 27.1 Å². The number of hydrogen-bond donors (Lipinski definition) is 0. The molecule has 0 aliphatic carbocycles. The number of hydrogen-bond acceptors (Lipinski definition) is 3. The quantitative estimate of drug-likeness (QED) is 0.507. The molecule has 0 atom stereocenters. The molecule has 0 saturated carbocycles. The van der Waals surface area contributed by atoms with Crippen LogP contribution in [0.2, 0.25) is 0 Å². The van der Waals surface area contributed by atoms with Gasteiger partial charge in [-0.05, 0) is 36.4 Å². The number of aromatic nitrogens is 2. The largest absolute Gasteiger partial charge is 0.256 e. The van der Waals surface area contributed by atoms with E-state index in [1.54, 1.807) is 12.4 Å². The van der Waals surface area contributed by atoms with Crippen LogP contribution in [0.1, 0.15) is 5.69 Å². The van der Waals surface area contributed by atoms with E-state index in [0.717, 1.165) is 33.2 Å². The molecule has 0 spiro atoms. The zero-order chi connectivity index (χ0) is 14.8. The summed E-state index contributed by atoms with van der Waals surface area (Å²) in [6, 6.07) is 22.1. The molecule has 3 heteroatoms. The fraction of sp³-hybridized carbons (Fsp3) is 0. The molecule has 0 aliphatic rings. The lowest BCUT2D eigenvalue weighted by Gasteiger charge is -1.99. The highest BCUT2D eigenvalue weighted by atomic mass is 14.8. The number of nitrogens with zero attached hydrogens (tertiary/aromatic N) is 3. The SMILES string of the molecule is C(=Nc1ccc2ncccc2c1)c1ccc2ccccc2n1. The van der Waals surface area contributed by atoms with Gasteiger partial charge in [-0.25, -0.2) is 4.98 Å². The first kappa shape index (κ1) is 12.7. The summed E-state index contributed by atoms with van der Waals surface area (Å²) in [5.41, 5.74) is 3.71. The van der Waals surface area contributed by atoms with E-state index in [1.807, 2.05) is 54.6 Å². The van der Waals surface area contributed by atoms with Crippen LogP contribution in [-0.4, -0.2) is 16.2 Å². The van der Waals surface area contributed by atoms with Crippen LogP contribution in [-0.2, 0) is 0 Å². The number of rotatable bonds is 2. The lowest BCUT2D eigenvalue weighted by molar-refractivity contribution is 1.37. The molecule has 0 aliphatic heterocycles. The van der Waals surface area contributed by atoms with E-state index in [1.165, 1.54) is 0 Å². The molecular weight excluding hydrogens is 270 g/mol. The van der Waals surface area contributed by atoms with Gasteiger partial charge in [-0.1, -0.05) is 30.3 Å². The van der Waals surface area contributed by atoms with Gasteiger partial charge in [0.25, 0.3) is 0 Å². The Morgan fingerprint density at radius 3 is 2.68 bits per heavy atom. The number of pyridine rings is 2. The van der Waals surface area contributed by atoms with Gasteiger partial charge in [0, 0.05) is 17.0 Å². The van der Waals surface area contributed by atoms with Crippen molar-refractivity contribution in [2.45, 2.75) is 0 Å². The standard InChI is InChI=1S/C19H13N3/c1-2-6-19-14(4-1)7-8-17(22-19)13-21-16-9-10-18-15(12-16)5-3-11-20-18/h1-13H. The van der Waals surface area contributed by atoms with Crippen LogP contribution < -0.4 is 0 Å². The molecule has 104 valence electrons. The third kappa shape index (κ3) is 2.44. The summed E-state index contributed by atoms with van der Waals surface area (Å²) < 4.78 is 0. The van der Waals surface area contributed by atoms with E-state index in [4.69, 9.17) is 0 Å². The second kappa shape index (κ2) is 5.37. The molecular formula is C19H13N3. The minimum atomic E-state index is 0.852. The van der Waals surface area contributed by atoms with E-state index in [-0.39, 0.29) is 0 Å². The van der Waals surface area contributed by atoms with Gasteiger partial charge in [0.15, 0.2) is 0 Å². The van der Waals surface area contributed by atoms with Gasteiger partial charge in [0.1, 0.15) is 0 Å². The smallest absolute Gasteiger partial charge is 0.0820 e. The lowest BCUT2D eigenvalue weighted by atomic mass is 10.2. The van der Waals surface area contributed by atoms with Gasteiger partial charge in [-0.3, -0.25) is 9.98 Å². The highest BCUT2D eigenvalue weighted by molar-refractivity contribution is 5.87. The first-order chi connectivity index (χ1) is 10.9. The first-order valence-corrected chi connectivity index (χ1v) is 7.13. The number of para-hydroxylation sites is 1. The van der Waals surface area contributed by atoms with E-state index >= 15 is 0 Å². The van der Waals surface area contributed by atoms with Crippen molar-refractivity contribution in [3.05, 3.63) is 78.6 Å². The van der Waals surface area contributed by atoms with Crippen molar-refractivity contribution in [2.75, 3.05) is 0 Å². The molecule has 22 heavy (non-hydrogen) atoms. The van der Waals surface area contributed by atoms with Crippen LogP contribution in [0.15, 0.2) is 77.9 Å².